The van der Waals surface area contributed by atoms with Crippen molar-refractivity contribution in [3.8, 4) is 0 Å². The lowest BCUT2D eigenvalue weighted by molar-refractivity contribution is 0.969. The fourth-order valence-electron chi connectivity index (χ4n) is 1.52. The quantitative estimate of drug-likeness (QED) is 0.497. The smallest absolute Gasteiger partial charge is 0.185 e. The second-order valence-electron chi connectivity index (χ2n) is 3.27. The summed E-state index contributed by atoms with van der Waals surface area (Å²) < 4.78 is 0. The molecule has 0 spiro atoms. The predicted molar refractivity (Wildman–Crippen MR) is 60.5 cm³/mol. The average Bonchev–Trinajstić information content (AvgIpc) is 2.62. The van der Waals surface area contributed by atoms with Crippen molar-refractivity contribution in [3.05, 3.63) is 30.1 Å². The molecule has 0 aliphatic heterocycles. The monoisotopic (exact) mass is 203 g/mol. The minimum absolute atomic E-state index is 0.132. The van der Waals surface area contributed by atoms with Gasteiger partial charge in [-0.15, -0.1) is 0 Å². The molecule has 0 bridgehead atoms. The number of aromatic amines is 1. The highest BCUT2D eigenvalue weighted by Crippen LogP contribution is 2.15. The number of fused-ring (bicyclic) bond motifs is 1. The van der Waals surface area contributed by atoms with Gasteiger partial charge in [-0.2, -0.15) is 0 Å². The van der Waals surface area contributed by atoms with E-state index in [0.29, 0.717) is 6.54 Å². The highest BCUT2D eigenvalue weighted by Gasteiger charge is 2.02. The van der Waals surface area contributed by atoms with Crippen molar-refractivity contribution in [2.45, 2.75) is 6.42 Å². The summed E-state index contributed by atoms with van der Waals surface area (Å²) in [5.41, 5.74) is 12.6. The molecular formula is C10H13N5. The standard InChI is InChI=1S/C10H13N5/c11-10(12)14-5-3-7-6-15-9-8(7)2-1-4-13-9/h1-2,4,6H,3,5H2,(H,13,15)(H4,11,12,14). The van der Waals surface area contributed by atoms with Gasteiger partial charge in [0.05, 0.1) is 0 Å². The van der Waals surface area contributed by atoms with Crippen LogP contribution in [0.3, 0.4) is 0 Å². The van der Waals surface area contributed by atoms with Crippen LogP contribution in [0, 0.1) is 0 Å². The third kappa shape index (κ3) is 2.07. The fraction of sp³-hybridized carbons (Fsp3) is 0.200. The van der Waals surface area contributed by atoms with Gasteiger partial charge in [0.1, 0.15) is 5.65 Å². The summed E-state index contributed by atoms with van der Waals surface area (Å²) in [7, 11) is 0. The topological polar surface area (TPSA) is 93.1 Å². The van der Waals surface area contributed by atoms with E-state index < -0.39 is 0 Å². The molecule has 0 saturated heterocycles. The van der Waals surface area contributed by atoms with Crippen LogP contribution in [0.4, 0.5) is 0 Å². The second-order valence-corrected chi connectivity index (χ2v) is 3.27. The van der Waals surface area contributed by atoms with Gasteiger partial charge in [-0.3, -0.25) is 4.99 Å². The first-order valence-corrected chi connectivity index (χ1v) is 4.74. The van der Waals surface area contributed by atoms with Crippen LogP contribution in [0.5, 0.6) is 0 Å². The van der Waals surface area contributed by atoms with Crippen molar-refractivity contribution in [2.24, 2.45) is 16.5 Å². The summed E-state index contributed by atoms with van der Waals surface area (Å²) >= 11 is 0. The maximum Gasteiger partial charge on any atom is 0.185 e. The number of guanidine groups is 1. The molecule has 0 amide bonds. The summed E-state index contributed by atoms with van der Waals surface area (Å²) in [4.78, 5) is 11.3. The number of hydrogen-bond donors (Lipinski definition) is 3. The van der Waals surface area contributed by atoms with Crippen molar-refractivity contribution in [3.63, 3.8) is 0 Å². The molecule has 0 atom stereocenters. The van der Waals surface area contributed by atoms with Gasteiger partial charge < -0.3 is 16.5 Å². The van der Waals surface area contributed by atoms with Crippen LogP contribution in [-0.2, 0) is 6.42 Å². The van der Waals surface area contributed by atoms with Gasteiger partial charge in [-0.1, -0.05) is 0 Å². The van der Waals surface area contributed by atoms with E-state index in [1.54, 1.807) is 6.20 Å². The molecule has 5 N–H and O–H groups in total. The van der Waals surface area contributed by atoms with E-state index in [1.807, 2.05) is 18.3 Å². The lowest BCUT2D eigenvalue weighted by Crippen LogP contribution is -2.23. The molecule has 2 aromatic heterocycles. The van der Waals surface area contributed by atoms with Crippen molar-refractivity contribution in [1.82, 2.24) is 9.97 Å². The van der Waals surface area contributed by atoms with E-state index in [0.717, 1.165) is 17.5 Å². The molecular weight excluding hydrogens is 190 g/mol. The number of H-pyrrole nitrogens is 1. The molecule has 5 heteroatoms. The van der Waals surface area contributed by atoms with Crippen LogP contribution in [0.15, 0.2) is 29.5 Å². The highest BCUT2D eigenvalue weighted by atomic mass is 15.0. The van der Waals surface area contributed by atoms with Gasteiger partial charge in [0.15, 0.2) is 5.96 Å². The molecule has 0 fully saturated rings. The van der Waals surface area contributed by atoms with Gasteiger partial charge in [0.2, 0.25) is 0 Å². The molecule has 15 heavy (non-hydrogen) atoms. The molecule has 0 aliphatic rings. The normalized spacial score (nSPS) is 10.4. The SMILES string of the molecule is NC(N)=NCCc1c[nH]c2ncccc12. The van der Waals surface area contributed by atoms with Crippen LogP contribution in [0.1, 0.15) is 5.56 Å². The lowest BCUT2D eigenvalue weighted by atomic mass is 10.1. The molecule has 2 rings (SSSR count). The largest absolute Gasteiger partial charge is 0.370 e. The zero-order chi connectivity index (χ0) is 10.7. The maximum atomic E-state index is 5.25. The maximum absolute atomic E-state index is 5.25. The molecule has 0 aliphatic carbocycles. The number of pyridine rings is 1. The van der Waals surface area contributed by atoms with E-state index in [9.17, 15) is 0 Å². The first-order valence-electron chi connectivity index (χ1n) is 4.74. The summed E-state index contributed by atoms with van der Waals surface area (Å²) in [6.07, 6.45) is 4.52. The molecule has 0 aromatic carbocycles. The Balaban J connectivity index is 2.18. The zero-order valence-electron chi connectivity index (χ0n) is 8.27. The average molecular weight is 203 g/mol. The first kappa shape index (κ1) is 9.51. The Labute approximate surface area is 87.2 Å². The van der Waals surface area contributed by atoms with Gasteiger partial charge in [-0.25, -0.2) is 4.98 Å². The van der Waals surface area contributed by atoms with Gasteiger partial charge >= 0.3 is 0 Å². The van der Waals surface area contributed by atoms with Crippen molar-refractivity contribution in [2.75, 3.05) is 6.54 Å². The van der Waals surface area contributed by atoms with Gasteiger partial charge in [-0.05, 0) is 24.1 Å². The van der Waals surface area contributed by atoms with Crippen LogP contribution >= 0.6 is 0 Å². The molecule has 0 saturated carbocycles. The number of aliphatic imine (C=N–C) groups is 1. The lowest BCUT2D eigenvalue weighted by Gasteiger charge is -1.95. The number of hydrogen-bond acceptors (Lipinski definition) is 2. The summed E-state index contributed by atoms with van der Waals surface area (Å²) in [6, 6.07) is 3.95. The predicted octanol–water partition coefficient (Wildman–Crippen LogP) is 0.379. The van der Waals surface area contributed by atoms with E-state index in [-0.39, 0.29) is 5.96 Å². The Morgan fingerprint density at radius 2 is 2.33 bits per heavy atom. The Hall–Kier alpha value is -2.04. The summed E-state index contributed by atoms with van der Waals surface area (Å²) in [5, 5.41) is 1.13. The molecule has 2 aromatic rings. The van der Waals surface area contributed by atoms with Crippen molar-refractivity contribution < 1.29 is 0 Å². The van der Waals surface area contributed by atoms with E-state index in [4.69, 9.17) is 11.5 Å². The minimum Gasteiger partial charge on any atom is -0.370 e. The van der Waals surface area contributed by atoms with Gasteiger partial charge in [0, 0.05) is 24.3 Å². The second kappa shape index (κ2) is 4.00. The van der Waals surface area contributed by atoms with Crippen LogP contribution < -0.4 is 11.5 Å². The molecule has 5 nitrogen and oxygen atoms in total. The minimum atomic E-state index is 0.132. The Kier molecular flexibility index (Phi) is 2.53. The molecule has 2 heterocycles. The first-order chi connectivity index (χ1) is 7.27. The number of nitrogens with one attached hydrogen (secondary N) is 1. The van der Waals surface area contributed by atoms with Crippen LogP contribution in [0.25, 0.3) is 11.0 Å². The summed E-state index contributed by atoms with van der Waals surface area (Å²) in [6.45, 7) is 0.601. The van der Waals surface area contributed by atoms with Gasteiger partial charge in [0.25, 0.3) is 0 Å². The number of rotatable bonds is 3. The molecule has 0 radical (unpaired) electrons. The third-order valence-electron chi connectivity index (χ3n) is 2.21. The number of aromatic nitrogens is 2. The van der Waals surface area contributed by atoms with E-state index in [2.05, 4.69) is 15.0 Å². The van der Waals surface area contributed by atoms with E-state index in [1.165, 1.54) is 5.56 Å². The third-order valence-corrected chi connectivity index (χ3v) is 2.21. The molecule has 0 unspecified atom stereocenters. The molecule has 78 valence electrons. The fourth-order valence-corrected chi connectivity index (χ4v) is 1.52. The zero-order valence-corrected chi connectivity index (χ0v) is 8.27. The van der Waals surface area contributed by atoms with Crippen LogP contribution in [-0.4, -0.2) is 22.5 Å². The van der Waals surface area contributed by atoms with Crippen LogP contribution in [0.2, 0.25) is 0 Å². The Morgan fingerprint density at radius 1 is 1.47 bits per heavy atom. The number of nitrogens with zero attached hydrogens (tertiary/aromatic N) is 2. The van der Waals surface area contributed by atoms with Crippen molar-refractivity contribution in [1.29, 1.82) is 0 Å². The Bertz CT molecular complexity index is 481. The Morgan fingerprint density at radius 3 is 3.13 bits per heavy atom. The van der Waals surface area contributed by atoms with E-state index >= 15 is 0 Å². The van der Waals surface area contributed by atoms with Crippen molar-refractivity contribution >= 4 is 17.0 Å². The highest BCUT2D eigenvalue weighted by molar-refractivity contribution is 5.79. The number of nitrogens with two attached hydrogens (primary N) is 2. The summed E-state index contributed by atoms with van der Waals surface area (Å²) in [5.74, 6) is 0.132.